The third-order valence-electron chi connectivity index (χ3n) is 2.30. The van der Waals surface area contributed by atoms with Gasteiger partial charge in [0.15, 0.2) is 12.4 Å². The van der Waals surface area contributed by atoms with E-state index in [0.29, 0.717) is 10.8 Å². The number of aromatic nitrogens is 4. The van der Waals surface area contributed by atoms with E-state index in [-0.39, 0.29) is 13.2 Å². The van der Waals surface area contributed by atoms with E-state index in [1.54, 1.807) is 24.3 Å². The van der Waals surface area contributed by atoms with Crippen molar-refractivity contribution in [2.75, 3.05) is 6.61 Å². The maximum Gasteiger partial charge on any atom is 0.404 e. The molecule has 0 radical (unpaired) electrons. The van der Waals surface area contributed by atoms with Crippen LogP contribution in [0.3, 0.4) is 0 Å². The second kappa shape index (κ2) is 6.71. The number of carbonyl (C=O) groups is 1. The van der Waals surface area contributed by atoms with E-state index >= 15 is 0 Å². The van der Waals surface area contributed by atoms with Crippen molar-refractivity contribution < 1.29 is 14.3 Å². The minimum absolute atomic E-state index is 0.0637. The highest BCUT2D eigenvalue weighted by Gasteiger charge is 2.16. The zero-order valence-corrected chi connectivity index (χ0v) is 11.1. The molecule has 106 valence electrons. The molecule has 1 unspecified atom stereocenters. The number of carbonyl (C=O) groups excluding carboxylic acids is 1. The number of rotatable bonds is 6. The summed E-state index contributed by atoms with van der Waals surface area (Å²) in [5, 5.41) is 11.5. The molecule has 1 atom stereocenters. The molecule has 0 aliphatic heterocycles. The van der Waals surface area contributed by atoms with Gasteiger partial charge in [-0.05, 0) is 17.3 Å². The van der Waals surface area contributed by atoms with Crippen molar-refractivity contribution >= 4 is 17.7 Å². The van der Waals surface area contributed by atoms with E-state index in [0.717, 1.165) is 0 Å². The summed E-state index contributed by atoms with van der Waals surface area (Å²) in [6, 6.07) is 6.97. The Morgan fingerprint density at radius 3 is 2.90 bits per heavy atom. The summed E-state index contributed by atoms with van der Waals surface area (Å²) < 4.78 is 10.4. The molecule has 0 fully saturated rings. The summed E-state index contributed by atoms with van der Waals surface area (Å²) in [7, 11) is 0. The first-order valence-corrected chi connectivity index (χ1v) is 6.07. The number of amides is 1. The van der Waals surface area contributed by atoms with Gasteiger partial charge in [0.2, 0.25) is 0 Å². The van der Waals surface area contributed by atoms with Crippen molar-refractivity contribution in [2.24, 2.45) is 5.73 Å². The highest BCUT2D eigenvalue weighted by molar-refractivity contribution is 6.32. The monoisotopic (exact) mass is 297 g/mol. The van der Waals surface area contributed by atoms with Crippen LogP contribution in [0.1, 0.15) is 0 Å². The Hall–Kier alpha value is -2.35. The number of hydrogen-bond acceptors (Lipinski definition) is 6. The van der Waals surface area contributed by atoms with Crippen LogP contribution in [0.15, 0.2) is 30.6 Å². The molecule has 1 heterocycles. The van der Waals surface area contributed by atoms with Crippen molar-refractivity contribution in [2.45, 2.75) is 12.6 Å². The van der Waals surface area contributed by atoms with Crippen molar-refractivity contribution in [3.05, 3.63) is 35.6 Å². The lowest BCUT2D eigenvalue weighted by atomic mass is 10.3. The number of tetrazole rings is 1. The first-order valence-electron chi connectivity index (χ1n) is 5.69. The van der Waals surface area contributed by atoms with Gasteiger partial charge in [-0.15, -0.1) is 10.2 Å². The number of primary amides is 1. The molecule has 0 aliphatic rings. The molecule has 2 aromatic rings. The fraction of sp³-hybridized carbons (Fsp3) is 0.273. The van der Waals surface area contributed by atoms with Crippen LogP contribution in [-0.4, -0.2) is 39.0 Å². The zero-order valence-electron chi connectivity index (χ0n) is 10.3. The van der Waals surface area contributed by atoms with Crippen LogP contribution in [0.5, 0.6) is 5.75 Å². The average Bonchev–Trinajstić information content (AvgIpc) is 2.90. The molecule has 1 amide bonds. The standard InChI is InChI=1S/C11H12ClN5O3/c12-9-3-1-2-4-10(9)19-6-8(20-11(13)18)5-17-15-7-14-16-17/h1-4,7-8H,5-6H2,(H2,13,18). The van der Waals surface area contributed by atoms with Crippen molar-refractivity contribution in [3.63, 3.8) is 0 Å². The van der Waals surface area contributed by atoms with Gasteiger partial charge in [0.25, 0.3) is 0 Å². The minimum Gasteiger partial charge on any atom is -0.488 e. The SMILES string of the molecule is NC(=O)OC(COc1ccccc1Cl)Cn1ncnn1. The predicted octanol–water partition coefficient (Wildman–Crippen LogP) is 0.869. The molecular weight excluding hydrogens is 286 g/mol. The molecule has 1 aromatic carbocycles. The summed E-state index contributed by atoms with van der Waals surface area (Å²) in [4.78, 5) is 12.1. The number of nitrogens with two attached hydrogens (primary N) is 1. The average molecular weight is 298 g/mol. The maximum absolute atomic E-state index is 10.9. The number of ether oxygens (including phenoxy) is 2. The predicted molar refractivity (Wildman–Crippen MR) is 69.2 cm³/mol. The summed E-state index contributed by atoms with van der Waals surface area (Å²) in [5.74, 6) is 0.485. The summed E-state index contributed by atoms with van der Waals surface area (Å²) >= 11 is 5.96. The molecule has 9 heteroatoms. The van der Waals surface area contributed by atoms with Gasteiger partial charge < -0.3 is 15.2 Å². The van der Waals surface area contributed by atoms with Gasteiger partial charge in [0.1, 0.15) is 18.9 Å². The summed E-state index contributed by atoms with van der Waals surface area (Å²) in [6.07, 6.45) is -0.285. The Bertz CT molecular complexity index is 563. The third-order valence-corrected chi connectivity index (χ3v) is 2.61. The van der Waals surface area contributed by atoms with Crippen LogP contribution in [0.25, 0.3) is 0 Å². The Labute approximate surface area is 119 Å². The Morgan fingerprint density at radius 2 is 2.25 bits per heavy atom. The lowest BCUT2D eigenvalue weighted by Gasteiger charge is -2.17. The number of halogens is 1. The number of nitrogens with zero attached hydrogens (tertiary/aromatic N) is 4. The molecule has 1 aromatic heterocycles. The second-order valence-corrected chi connectivity index (χ2v) is 4.20. The van der Waals surface area contributed by atoms with Gasteiger partial charge in [-0.2, -0.15) is 4.80 Å². The molecular formula is C11H12ClN5O3. The molecule has 2 N–H and O–H groups in total. The zero-order chi connectivity index (χ0) is 14.4. The van der Waals surface area contributed by atoms with E-state index in [2.05, 4.69) is 15.4 Å². The topological polar surface area (TPSA) is 105 Å². The molecule has 0 saturated carbocycles. The van der Waals surface area contributed by atoms with Crippen LogP contribution >= 0.6 is 11.6 Å². The van der Waals surface area contributed by atoms with E-state index in [4.69, 9.17) is 26.8 Å². The summed E-state index contributed by atoms with van der Waals surface area (Å²) in [6.45, 7) is 0.238. The van der Waals surface area contributed by atoms with Crippen LogP contribution in [0.4, 0.5) is 4.79 Å². The van der Waals surface area contributed by atoms with Crippen molar-refractivity contribution in [3.8, 4) is 5.75 Å². The van der Waals surface area contributed by atoms with E-state index in [1.165, 1.54) is 11.1 Å². The normalized spacial score (nSPS) is 11.8. The fourth-order valence-electron chi connectivity index (χ4n) is 1.49. The van der Waals surface area contributed by atoms with Gasteiger partial charge >= 0.3 is 6.09 Å². The van der Waals surface area contributed by atoms with Crippen molar-refractivity contribution in [1.82, 2.24) is 20.2 Å². The van der Waals surface area contributed by atoms with Gasteiger partial charge in [0, 0.05) is 0 Å². The molecule has 0 spiro atoms. The summed E-state index contributed by atoms with van der Waals surface area (Å²) in [5.41, 5.74) is 5.01. The fourth-order valence-corrected chi connectivity index (χ4v) is 1.68. The largest absolute Gasteiger partial charge is 0.488 e. The van der Waals surface area contributed by atoms with Crippen LogP contribution < -0.4 is 10.5 Å². The highest BCUT2D eigenvalue weighted by Crippen LogP contribution is 2.23. The molecule has 0 bridgehead atoms. The lowest BCUT2D eigenvalue weighted by Crippen LogP contribution is -2.32. The molecule has 20 heavy (non-hydrogen) atoms. The third kappa shape index (κ3) is 4.09. The lowest BCUT2D eigenvalue weighted by molar-refractivity contribution is 0.0560. The van der Waals surface area contributed by atoms with E-state index in [1.807, 2.05) is 0 Å². The number of hydrogen-bond donors (Lipinski definition) is 1. The van der Waals surface area contributed by atoms with Crippen LogP contribution in [-0.2, 0) is 11.3 Å². The van der Waals surface area contributed by atoms with Crippen LogP contribution in [0.2, 0.25) is 5.02 Å². The molecule has 0 saturated heterocycles. The Balaban J connectivity index is 1.97. The van der Waals surface area contributed by atoms with Gasteiger partial charge in [-0.25, -0.2) is 4.79 Å². The second-order valence-electron chi connectivity index (χ2n) is 3.79. The van der Waals surface area contributed by atoms with Gasteiger partial charge in [0.05, 0.1) is 5.02 Å². The van der Waals surface area contributed by atoms with Crippen molar-refractivity contribution in [1.29, 1.82) is 0 Å². The molecule has 0 aliphatic carbocycles. The molecule has 2 rings (SSSR count). The maximum atomic E-state index is 10.9. The quantitative estimate of drug-likeness (QED) is 0.848. The Kier molecular flexibility index (Phi) is 4.72. The number of para-hydroxylation sites is 1. The highest BCUT2D eigenvalue weighted by atomic mass is 35.5. The van der Waals surface area contributed by atoms with Gasteiger partial charge in [-0.1, -0.05) is 23.7 Å². The molecule has 8 nitrogen and oxygen atoms in total. The number of benzene rings is 1. The van der Waals surface area contributed by atoms with Gasteiger partial charge in [-0.3, -0.25) is 0 Å². The van der Waals surface area contributed by atoms with E-state index < -0.39 is 12.2 Å². The first-order chi connectivity index (χ1) is 9.65. The van der Waals surface area contributed by atoms with E-state index in [9.17, 15) is 4.79 Å². The first kappa shape index (κ1) is 14.1. The van der Waals surface area contributed by atoms with Crippen LogP contribution in [0, 0.1) is 0 Å². The minimum atomic E-state index is -0.905. The smallest absolute Gasteiger partial charge is 0.404 e. The Morgan fingerprint density at radius 1 is 1.45 bits per heavy atom.